The lowest BCUT2D eigenvalue weighted by Gasteiger charge is -2.14. The molecule has 3 aromatic rings. The van der Waals surface area contributed by atoms with Crippen LogP contribution < -0.4 is 20.1 Å². The van der Waals surface area contributed by atoms with Gasteiger partial charge in [-0.15, -0.1) is 23.1 Å². The van der Waals surface area contributed by atoms with Crippen molar-refractivity contribution in [1.82, 2.24) is 4.98 Å². The minimum atomic E-state index is -0.442. The predicted octanol–water partition coefficient (Wildman–Crippen LogP) is 4.64. The lowest BCUT2D eigenvalue weighted by atomic mass is 10.1. The Kier molecular flexibility index (Phi) is 9.71. The molecule has 0 aliphatic carbocycles. The van der Waals surface area contributed by atoms with E-state index in [4.69, 9.17) is 14.2 Å². The Labute approximate surface area is 217 Å². The van der Waals surface area contributed by atoms with Crippen LogP contribution in [-0.2, 0) is 20.7 Å². The highest BCUT2D eigenvalue weighted by atomic mass is 32.2. The van der Waals surface area contributed by atoms with Crippen molar-refractivity contribution in [2.24, 2.45) is 0 Å². The van der Waals surface area contributed by atoms with E-state index in [-0.39, 0.29) is 24.2 Å². The molecular formula is C25H27N3O6S2. The largest absolute Gasteiger partial charge is 0.496 e. The number of carbonyl (C=O) groups excluding carboxylic acids is 3. The Morgan fingerprint density at radius 2 is 1.75 bits per heavy atom. The lowest BCUT2D eigenvalue weighted by molar-refractivity contribution is -0.142. The molecule has 36 heavy (non-hydrogen) atoms. The van der Waals surface area contributed by atoms with Gasteiger partial charge in [0.1, 0.15) is 17.1 Å². The molecule has 0 bridgehead atoms. The molecule has 0 saturated heterocycles. The third kappa shape index (κ3) is 7.22. The van der Waals surface area contributed by atoms with Gasteiger partial charge in [0.15, 0.2) is 5.13 Å². The van der Waals surface area contributed by atoms with E-state index in [2.05, 4.69) is 15.6 Å². The summed E-state index contributed by atoms with van der Waals surface area (Å²) in [6.45, 7) is 3.82. The summed E-state index contributed by atoms with van der Waals surface area (Å²) in [7, 11) is 2.98. The van der Waals surface area contributed by atoms with Crippen molar-refractivity contribution < 1.29 is 28.6 Å². The number of hydrogen-bond donors (Lipinski definition) is 2. The number of nitrogens with zero attached hydrogens (tertiary/aromatic N) is 1. The van der Waals surface area contributed by atoms with Crippen molar-refractivity contribution >= 4 is 51.7 Å². The Hall–Kier alpha value is -3.57. The molecule has 9 nitrogen and oxygen atoms in total. The molecule has 0 aliphatic heterocycles. The van der Waals surface area contributed by atoms with Crippen LogP contribution in [-0.4, -0.2) is 48.8 Å². The van der Waals surface area contributed by atoms with Gasteiger partial charge >= 0.3 is 5.97 Å². The molecule has 1 heterocycles. The molecule has 1 unspecified atom stereocenters. The van der Waals surface area contributed by atoms with E-state index in [1.165, 1.54) is 37.3 Å². The van der Waals surface area contributed by atoms with Crippen molar-refractivity contribution in [3.63, 3.8) is 0 Å². The summed E-state index contributed by atoms with van der Waals surface area (Å²) < 4.78 is 15.5. The molecule has 0 saturated carbocycles. The Morgan fingerprint density at radius 3 is 2.42 bits per heavy atom. The van der Waals surface area contributed by atoms with Crippen LogP contribution in [0.1, 0.15) is 29.9 Å². The van der Waals surface area contributed by atoms with Gasteiger partial charge < -0.3 is 24.8 Å². The van der Waals surface area contributed by atoms with Crippen LogP contribution in [0.3, 0.4) is 0 Å². The van der Waals surface area contributed by atoms with Crippen molar-refractivity contribution in [3.8, 4) is 11.5 Å². The summed E-state index contributed by atoms with van der Waals surface area (Å²) >= 11 is 2.58. The van der Waals surface area contributed by atoms with Crippen LogP contribution in [0, 0.1) is 0 Å². The van der Waals surface area contributed by atoms with Crippen LogP contribution >= 0.6 is 23.1 Å². The summed E-state index contributed by atoms with van der Waals surface area (Å²) in [5.41, 5.74) is 1.40. The molecular weight excluding hydrogens is 502 g/mol. The number of amides is 2. The van der Waals surface area contributed by atoms with Gasteiger partial charge in [0, 0.05) is 16.0 Å². The van der Waals surface area contributed by atoms with E-state index in [1.807, 2.05) is 6.07 Å². The first-order chi connectivity index (χ1) is 17.3. The van der Waals surface area contributed by atoms with Crippen LogP contribution in [0.25, 0.3) is 0 Å². The zero-order valence-corrected chi connectivity index (χ0v) is 22.0. The molecule has 3 rings (SSSR count). The number of nitrogens with one attached hydrogen (secondary N) is 2. The predicted molar refractivity (Wildman–Crippen MR) is 140 cm³/mol. The number of thioether (sulfide) groups is 1. The van der Waals surface area contributed by atoms with E-state index in [1.54, 1.807) is 55.6 Å². The molecule has 0 fully saturated rings. The van der Waals surface area contributed by atoms with Crippen molar-refractivity contribution in [2.75, 3.05) is 31.5 Å². The number of benzene rings is 2. The number of ether oxygens (including phenoxy) is 3. The van der Waals surface area contributed by atoms with Gasteiger partial charge in [-0.2, -0.15) is 0 Å². The number of carbonyl (C=O) groups is 3. The molecule has 1 atom stereocenters. The third-order valence-corrected chi connectivity index (χ3v) is 6.74. The number of esters is 1. The standard InChI is InChI=1S/C25H27N3O6S2/c1-5-34-21(29)13-17-14-35-25(27-17)28-23(30)15(2)36-18-9-6-8-16(12-18)26-24(31)22-19(32-3)10-7-11-20(22)33-4/h6-12,14-15H,5,13H2,1-4H3,(H,26,31)(H,27,28,30). The summed E-state index contributed by atoms with van der Waals surface area (Å²) in [5, 5.41) is 7.33. The molecule has 0 spiro atoms. The second kappa shape index (κ2) is 12.9. The normalized spacial score (nSPS) is 11.3. The van der Waals surface area contributed by atoms with Gasteiger partial charge in [-0.3, -0.25) is 14.4 Å². The van der Waals surface area contributed by atoms with Gasteiger partial charge in [-0.05, 0) is 44.2 Å². The average molecular weight is 530 g/mol. The number of methoxy groups -OCH3 is 2. The molecule has 11 heteroatoms. The number of hydrogen-bond acceptors (Lipinski definition) is 9. The minimum absolute atomic E-state index is 0.0593. The Balaban J connectivity index is 1.62. The smallest absolute Gasteiger partial charge is 0.311 e. The quantitative estimate of drug-likeness (QED) is 0.273. The van der Waals surface area contributed by atoms with Gasteiger partial charge in [0.05, 0.1) is 38.2 Å². The lowest BCUT2D eigenvalue weighted by Crippen LogP contribution is -2.22. The monoisotopic (exact) mass is 529 g/mol. The summed E-state index contributed by atoms with van der Waals surface area (Å²) in [4.78, 5) is 42.3. The van der Waals surface area contributed by atoms with Gasteiger partial charge in [-0.25, -0.2) is 4.98 Å². The molecule has 1 aromatic heterocycles. The zero-order valence-electron chi connectivity index (χ0n) is 20.3. The molecule has 2 aromatic carbocycles. The average Bonchev–Trinajstić information content (AvgIpc) is 3.29. The molecule has 0 radical (unpaired) electrons. The van der Waals surface area contributed by atoms with Crippen LogP contribution in [0.4, 0.5) is 10.8 Å². The maximum atomic E-state index is 12.9. The van der Waals surface area contributed by atoms with Crippen LogP contribution in [0.2, 0.25) is 0 Å². The van der Waals surface area contributed by atoms with Crippen LogP contribution in [0.5, 0.6) is 11.5 Å². The summed E-state index contributed by atoms with van der Waals surface area (Å²) in [5.74, 6) is -0.170. The van der Waals surface area contributed by atoms with E-state index < -0.39 is 5.25 Å². The first-order valence-corrected chi connectivity index (χ1v) is 12.8. The highest BCUT2D eigenvalue weighted by molar-refractivity contribution is 8.00. The van der Waals surface area contributed by atoms with Crippen molar-refractivity contribution in [2.45, 2.75) is 30.4 Å². The second-order valence-corrected chi connectivity index (χ2v) is 9.67. The molecule has 2 N–H and O–H groups in total. The highest BCUT2D eigenvalue weighted by Crippen LogP contribution is 2.31. The Morgan fingerprint density at radius 1 is 1.06 bits per heavy atom. The highest BCUT2D eigenvalue weighted by Gasteiger charge is 2.20. The maximum absolute atomic E-state index is 12.9. The van der Waals surface area contributed by atoms with E-state index in [0.29, 0.717) is 40.2 Å². The number of thiazole rings is 1. The molecule has 190 valence electrons. The topological polar surface area (TPSA) is 116 Å². The fourth-order valence-electron chi connectivity index (χ4n) is 3.19. The van der Waals surface area contributed by atoms with Crippen molar-refractivity contribution in [1.29, 1.82) is 0 Å². The second-order valence-electron chi connectivity index (χ2n) is 7.39. The Bertz CT molecular complexity index is 1210. The molecule has 2 amide bonds. The SMILES string of the molecule is CCOC(=O)Cc1csc(NC(=O)C(C)Sc2cccc(NC(=O)c3c(OC)cccc3OC)c2)n1. The van der Waals surface area contributed by atoms with Gasteiger partial charge in [0.2, 0.25) is 5.91 Å². The number of rotatable bonds is 11. The number of aromatic nitrogens is 1. The number of anilines is 2. The minimum Gasteiger partial charge on any atom is -0.496 e. The van der Waals surface area contributed by atoms with Gasteiger partial charge in [-0.1, -0.05) is 12.1 Å². The first-order valence-electron chi connectivity index (χ1n) is 11.0. The summed E-state index contributed by atoms with van der Waals surface area (Å²) in [6.07, 6.45) is 0.0593. The van der Waals surface area contributed by atoms with E-state index >= 15 is 0 Å². The van der Waals surface area contributed by atoms with Gasteiger partial charge in [0.25, 0.3) is 5.91 Å². The maximum Gasteiger partial charge on any atom is 0.311 e. The fraction of sp³-hybridized carbons (Fsp3) is 0.280. The van der Waals surface area contributed by atoms with E-state index in [0.717, 1.165) is 4.90 Å². The fourth-order valence-corrected chi connectivity index (χ4v) is 4.83. The summed E-state index contributed by atoms with van der Waals surface area (Å²) in [6, 6.07) is 12.3. The van der Waals surface area contributed by atoms with Crippen molar-refractivity contribution in [3.05, 3.63) is 59.1 Å². The van der Waals surface area contributed by atoms with E-state index in [9.17, 15) is 14.4 Å². The van der Waals surface area contributed by atoms with Crippen LogP contribution in [0.15, 0.2) is 52.7 Å². The molecule has 0 aliphatic rings. The first kappa shape index (κ1) is 27.0. The zero-order chi connectivity index (χ0) is 26.1. The third-order valence-electron chi connectivity index (χ3n) is 4.84.